The summed E-state index contributed by atoms with van der Waals surface area (Å²) in [7, 11) is 0. The Balaban J connectivity index is 2.39. The van der Waals surface area contributed by atoms with Gasteiger partial charge in [0, 0.05) is 11.8 Å². The second-order valence-corrected chi connectivity index (χ2v) is 6.36. The van der Waals surface area contributed by atoms with E-state index in [1.54, 1.807) is 24.6 Å². The van der Waals surface area contributed by atoms with E-state index in [9.17, 15) is 9.90 Å². The van der Waals surface area contributed by atoms with Crippen LogP contribution < -0.4 is 0 Å². The summed E-state index contributed by atoms with van der Waals surface area (Å²) < 4.78 is 1.71. The van der Waals surface area contributed by atoms with Crippen molar-refractivity contribution in [3.8, 4) is 11.4 Å². The molecule has 118 valence electrons. The summed E-state index contributed by atoms with van der Waals surface area (Å²) in [5.41, 5.74) is 3.10. The highest BCUT2D eigenvalue weighted by molar-refractivity contribution is 5.84. The van der Waals surface area contributed by atoms with Crippen molar-refractivity contribution in [3.63, 3.8) is 0 Å². The molecule has 1 aromatic carbocycles. The molecule has 0 aliphatic rings. The summed E-state index contributed by atoms with van der Waals surface area (Å²) in [5, 5.41) is 9.68. The van der Waals surface area contributed by atoms with Crippen LogP contribution in [0, 0.1) is 13.8 Å². The summed E-state index contributed by atoms with van der Waals surface area (Å²) in [6.07, 6.45) is 1.73. The van der Waals surface area contributed by atoms with Crippen LogP contribution in [0.2, 0.25) is 0 Å². The van der Waals surface area contributed by atoms with Gasteiger partial charge in [0.15, 0.2) is 5.65 Å². The number of carbonyl (C=O) groups is 1. The lowest BCUT2D eigenvalue weighted by atomic mass is 10.0. The van der Waals surface area contributed by atoms with Crippen LogP contribution in [0.1, 0.15) is 25.0 Å². The fourth-order valence-electron chi connectivity index (χ4n) is 2.67. The number of imidazole rings is 1. The van der Waals surface area contributed by atoms with E-state index in [4.69, 9.17) is 0 Å². The number of rotatable bonds is 3. The van der Waals surface area contributed by atoms with E-state index in [2.05, 4.69) is 9.97 Å². The molecule has 0 saturated carbocycles. The maximum absolute atomic E-state index is 11.8. The Morgan fingerprint density at radius 2 is 1.91 bits per heavy atom. The molecule has 0 bridgehead atoms. The molecule has 0 unspecified atom stereocenters. The number of carboxylic acid groups (broad SMARTS) is 1. The molecule has 3 rings (SSSR count). The first-order valence-electron chi connectivity index (χ1n) is 7.46. The molecule has 23 heavy (non-hydrogen) atoms. The number of aromatic nitrogens is 3. The van der Waals surface area contributed by atoms with Crippen LogP contribution in [0.25, 0.3) is 22.6 Å². The van der Waals surface area contributed by atoms with Crippen molar-refractivity contribution < 1.29 is 9.90 Å². The van der Waals surface area contributed by atoms with E-state index in [1.165, 1.54) is 0 Å². The van der Waals surface area contributed by atoms with Gasteiger partial charge in [0.05, 0.1) is 0 Å². The number of pyridine rings is 1. The van der Waals surface area contributed by atoms with Gasteiger partial charge in [0.1, 0.15) is 16.9 Å². The fourth-order valence-corrected chi connectivity index (χ4v) is 2.67. The van der Waals surface area contributed by atoms with Gasteiger partial charge in [0.2, 0.25) is 0 Å². The van der Waals surface area contributed by atoms with E-state index in [0.717, 1.165) is 16.7 Å². The van der Waals surface area contributed by atoms with Gasteiger partial charge >= 0.3 is 5.97 Å². The molecule has 5 nitrogen and oxygen atoms in total. The van der Waals surface area contributed by atoms with Crippen LogP contribution in [0.5, 0.6) is 0 Å². The number of hydrogen-bond donors (Lipinski definition) is 1. The molecular formula is C18H19N3O2. The third-order valence-electron chi connectivity index (χ3n) is 3.99. The van der Waals surface area contributed by atoms with E-state index in [1.807, 2.05) is 44.2 Å². The van der Waals surface area contributed by atoms with Crippen molar-refractivity contribution >= 4 is 17.1 Å². The monoisotopic (exact) mass is 309 g/mol. The van der Waals surface area contributed by atoms with Gasteiger partial charge in [-0.2, -0.15) is 0 Å². The van der Waals surface area contributed by atoms with Gasteiger partial charge in [-0.05, 0) is 45.4 Å². The number of aryl methyl sites for hydroxylation is 2. The molecule has 0 atom stereocenters. The average Bonchev–Trinajstić information content (AvgIpc) is 2.86. The molecule has 2 heterocycles. The molecule has 5 heteroatoms. The molecule has 0 saturated heterocycles. The Morgan fingerprint density at radius 3 is 2.57 bits per heavy atom. The Morgan fingerprint density at radius 1 is 1.17 bits per heavy atom. The summed E-state index contributed by atoms with van der Waals surface area (Å²) in [6.45, 7) is 7.27. The first-order valence-corrected chi connectivity index (χ1v) is 7.46. The second kappa shape index (κ2) is 5.19. The van der Waals surface area contributed by atoms with Crippen LogP contribution in [-0.4, -0.2) is 25.6 Å². The molecule has 1 N–H and O–H groups in total. The predicted octanol–water partition coefficient (Wildman–Crippen LogP) is 3.53. The Bertz CT molecular complexity index is 910. The number of aliphatic carboxylic acids is 1. The molecule has 0 spiro atoms. The molecule has 0 radical (unpaired) electrons. The van der Waals surface area contributed by atoms with Crippen LogP contribution >= 0.6 is 0 Å². The van der Waals surface area contributed by atoms with Crippen LogP contribution in [0.4, 0.5) is 0 Å². The fraction of sp³-hybridized carbons (Fsp3) is 0.278. The molecule has 0 aliphatic heterocycles. The zero-order valence-electron chi connectivity index (χ0n) is 13.7. The Hall–Kier alpha value is -2.69. The highest BCUT2D eigenvalue weighted by Gasteiger charge is 2.34. The number of benzene rings is 1. The topological polar surface area (TPSA) is 68.0 Å². The summed E-state index contributed by atoms with van der Waals surface area (Å²) >= 11 is 0. The SMILES string of the molecule is Cc1cccc(-c2nc3cc(C)cnc3n2C(C)(C)C(=O)O)c1. The quantitative estimate of drug-likeness (QED) is 0.803. The molecular weight excluding hydrogens is 290 g/mol. The van der Waals surface area contributed by atoms with E-state index >= 15 is 0 Å². The number of nitrogens with zero attached hydrogens (tertiary/aromatic N) is 3. The van der Waals surface area contributed by atoms with Gasteiger partial charge in [0.25, 0.3) is 0 Å². The third-order valence-corrected chi connectivity index (χ3v) is 3.99. The smallest absolute Gasteiger partial charge is 0.329 e. The molecule has 0 fully saturated rings. The van der Waals surface area contributed by atoms with Gasteiger partial charge in [-0.25, -0.2) is 14.8 Å². The molecule has 2 aromatic heterocycles. The number of hydrogen-bond acceptors (Lipinski definition) is 3. The Labute approximate surface area is 134 Å². The maximum atomic E-state index is 11.8. The maximum Gasteiger partial charge on any atom is 0.329 e. The van der Waals surface area contributed by atoms with Gasteiger partial charge in [-0.15, -0.1) is 0 Å². The zero-order valence-corrected chi connectivity index (χ0v) is 13.7. The minimum atomic E-state index is -1.16. The normalized spacial score (nSPS) is 11.8. The predicted molar refractivity (Wildman–Crippen MR) is 89.4 cm³/mol. The van der Waals surface area contributed by atoms with E-state index in [0.29, 0.717) is 17.0 Å². The summed E-state index contributed by atoms with van der Waals surface area (Å²) in [5.74, 6) is -0.303. The average molecular weight is 309 g/mol. The largest absolute Gasteiger partial charge is 0.480 e. The lowest BCUT2D eigenvalue weighted by Gasteiger charge is -2.24. The Kier molecular flexibility index (Phi) is 3.43. The summed E-state index contributed by atoms with van der Waals surface area (Å²) in [4.78, 5) is 20.9. The molecule has 0 aliphatic carbocycles. The standard InChI is InChI=1S/C18H19N3O2/c1-11-6-5-7-13(8-11)15-20-14-9-12(2)10-19-16(14)21(15)18(3,4)17(22)23/h5-10H,1-4H3,(H,22,23). The van der Waals surface area contributed by atoms with E-state index < -0.39 is 11.5 Å². The van der Waals surface area contributed by atoms with Gasteiger partial charge in [-0.3, -0.25) is 4.57 Å². The van der Waals surface area contributed by atoms with E-state index in [-0.39, 0.29) is 0 Å². The van der Waals surface area contributed by atoms with Crippen molar-refractivity contribution in [1.82, 2.24) is 14.5 Å². The first kappa shape index (κ1) is 15.2. The van der Waals surface area contributed by atoms with Crippen LogP contribution in [0.3, 0.4) is 0 Å². The second-order valence-electron chi connectivity index (χ2n) is 6.36. The van der Waals surface area contributed by atoms with Gasteiger partial charge in [-0.1, -0.05) is 23.8 Å². The van der Waals surface area contributed by atoms with Crippen LogP contribution in [0.15, 0.2) is 36.5 Å². The lowest BCUT2D eigenvalue weighted by Crippen LogP contribution is -2.36. The highest BCUT2D eigenvalue weighted by atomic mass is 16.4. The third kappa shape index (κ3) is 2.48. The van der Waals surface area contributed by atoms with Crippen molar-refractivity contribution in [1.29, 1.82) is 0 Å². The zero-order chi connectivity index (χ0) is 16.8. The number of fused-ring (bicyclic) bond motifs is 1. The van der Waals surface area contributed by atoms with Crippen molar-refractivity contribution in [2.45, 2.75) is 33.2 Å². The highest BCUT2D eigenvalue weighted by Crippen LogP contribution is 2.31. The van der Waals surface area contributed by atoms with Gasteiger partial charge < -0.3 is 5.11 Å². The molecule has 3 aromatic rings. The van der Waals surface area contributed by atoms with Crippen molar-refractivity contribution in [3.05, 3.63) is 47.7 Å². The lowest BCUT2D eigenvalue weighted by molar-refractivity contribution is -0.145. The van der Waals surface area contributed by atoms with Crippen molar-refractivity contribution in [2.24, 2.45) is 0 Å². The van der Waals surface area contributed by atoms with Crippen molar-refractivity contribution in [2.75, 3.05) is 0 Å². The number of carboxylic acids is 1. The summed E-state index contributed by atoms with van der Waals surface area (Å²) in [6, 6.07) is 9.82. The van der Waals surface area contributed by atoms with Crippen LogP contribution in [-0.2, 0) is 10.3 Å². The first-order chi connectivity index (χ1) is 10.8. The minimum absolute atomic E-state index is 0.583. The molecule has 0 amide bonds. The minimum Gasteiger partial charge on any atom is -0.480 e.